The molecule has 0 radical (unpaired) electrons. The van der Waals surface area contributed by atoms with Gasteiger partial charge in [0.25, 0.3) is 0 Å². The molecule has 0 spiro atoms. The van der Waals surface area contributed by atoms with Crippen LogP contribution in [0.4, 0.5) is 18.9 Å². The number of ether oxygens (including phenoxy) is 2. The van der Waals surface area contributed by atoms with Crippen molar-refractivity contribution in [2.75, 3.05) is 0 Å². The Morgan fingerprint density at radius 3 is 2.10 bits per heavy atom. The summed E-state index contributed by atoms with van der Waals surface area (Å²) < 4.78 is 50.3. The first-order chi connectivity index (χ1) is 13.9. The summed E-state index contributed by atoms with van der Waals surface area (Å²) in [6.45, 7) is 1.71. The SMILES string of the molecule is CC(=COc1ccccc1)C(=Nc1ccccc1)Oc1cccc(C(F)(F)F)c1. The number of rotatable bonds is 5. The predicted octanol–water partition coefficient (Wildman–Crippen LogP) is 6.80. The Morgan fingerprint density at radius 2 is 1.45 bits per heavy atom. The Hall–Kier alpha value is -3.54. The van der Waals surface area contributed by atoms with Crippen molar-refractivity contribution in [3.05, 3.63) is 102 Å². The number of halogens is 3. The van der Waals surface area contributed by atoms with Gasteiger partial charge in [-0.25, -0.2) is 4.99 Å². The molecule has 0 aliphatic heterocycles. The van der Waals surface area contributed by atoms with Crippen LogP contribution in [0.15, 0.2) is 102 Å². The number of benzene rings is 3. The Bertz CT molecular complexity index is 997. The fraction of sp³-hybridized carbons (Fsp3) is 0.0870. The van der Waals surface area contributed by atoms with Crippen LogP contribution in [0.1, 0.15) is 12.5 Å². The van der Waals surface area contributed by atoms with Gasteiger partial charge in [-0.1, -0.05) is 42.5 Å². The standard InChI is InChI=1S/C23H18F3NO2/c1-17(16-28-20-12-6-3-7-13-20)22(27-19-10-4-2-5-11-19)29-21-14-8-9-18(15-21)23(24,25)26/h2-16H,1H3. The molecule has 0 heterocycles. The number of hydrogen-bond acceptors (Lipinski definition) is 3. The first-order valence-electron chi connectivity index (χ1n) is 8.79. The Balaban J connectivity index is 1.90. The van der Waals surface area contributed by atoms with Crippen LogP contribution in [-0.2, 0) is 6.18 Å². The molecule has 6 heteroatoms. The van der Waals surface area contributed by atoms with Crippen molar-refractivity contribution < 1.29 is 22.6 Å². The van der Waals surface area contributed by atoms with E-state index in [1.54, 1.807) is 43.3 Å². The molecule has 3 nitrogen and oxygen atoms in total. The summed E-state index contributed by atoms with van der Waals surface area (Å²) >= 11 is 0. The molecule has 0 saturated heterocycles. The lowest BCUT2D eigenvalue weighted by molar-refractivity contribution is -0.137. The van der Waals surface area contributed by atoms with Crippen LogP contribution in [-0.4, -0.2) is 5.90 Å². The number of aliphatic imine (C=N–C) groups is 1. The molecule has 29 heavy (non-hydrogen) atoms. The topological polar surface area (TPSA) is 30.8 Å². The number of hydrogen-bond donors (Lipinski definition) is 0. The van der Waals surface area contributed by atoms with Crippen LogP contribution in [0.25, 0.3) is 0 Å². The van der Waals surface area contributed by atoms with Gasteiger partial charge < -0.3 is 9.47 Å². The average molecular weight is 397 g/mol. The van der Waals surface area contributed by atoms with Gasteiger partial charge in [-0.05, 0) is 49.4 Å². The van der Waals surface area contributed by atoms with Gasteiger partial charge in [-0.2, -0.15) is 13.2 Å². The molecule has 0 amide bonds. The molecule has 0 atom stereocenters. The van der Waals surface area contributed by atoms with Gasteiger partial charge in [0.1, 0.15) is 11.5 Å². The summed E-state index contributed by atoms with van der Waals surface area (Å²) in [5.74, 6) is 0.776. The quantitative estimate of drug-likeness (QED) is 0.269. The molecular weight excluding hydrogens is 379 g/mol. The average Bonchev–Trinajstić information content (AvgIpc) is 2.73. The third-order valence-corrected chi connectivity index (χ3v) is 3.82. The van der Waals surface area contributed by atoms with Crippen LogP contribution in [0.3, 0.4) is 0 Å². The van der Waals surface area contributed by atoms with Crippen molar-refractivity contribution >= 4 is 11.6 Å². The van der Waals surface area contributed by atoms with Crippen molar-refractivity contribution in [1.82, 2.24) is 0 Å². The number of para-hydroxylation sites is 2. The van der Waals surface area contributed by atoms with E-state index in [1.165, 1.54) is 18.4 Å². The van der Waals surface area contributed by atoms with E-state index in [2.05, 4.69) is 4.99 Å². The molecule has 0 bridgehead atoms. The van der Waals surface area contributed by atoms with Crippen molar-refractivity contribution in [2.24, 2.45) is 4.99 Å². The van der Waals surface area contributed by atoms with E-state index in [-0.39, 0.29) is 11.6 Å². The molecule has 3 aromatic carbocycles. The molecule has 148 valence electrons. The molecule has 0 N–H and O–H groups in total. The molecule has 0 unspecified atom stereocenters. The Kier molecular flexibility index (Phi) is 6.34. The minimum absolute atomic E-state index is 0.0296. The third-order valence-electron chi connectivity index (χ3n) is 3.82. The Morgan fingerprint density at radius 1 is 0.828 bits per heavy atom. The zero-order valence-electron chi connectivity index (χ0n) is 15.6. The minimum Gasteiger partial charge on any atom is -0.465 e. The second-order valence-electron chi connectivity index (χ2n) is 6.11. The maximum Gasteiger partial charge on any atom is 0.416 e. The maximum absolute atomic E-state index is 13.0. The third kappa shape index (κ3) is 5.97. The summed E-state index contributed by atoms with van der Waals surface area (Å²) in [7, 11) is 0. The molecule has 0 aromatic heterocycles. The lowest BCUT2D eigenvalue weighted by atomic mass is 10.2. The Labute approximate surface area is 166 Å². The lowest BCUT2D eigenvalue weighted by Crippen LogP contribution is -2.12. The molecule has 3 aromatic rings. The normalized spacial score (nSPS) is 12.6. The summed E-state index contributed by atoms with van der Waals surface area (Å²) in [5, 5.41) is 0. The van der Waals surface area contributed by atoms with Gasteiger partial charge in [0.2, 0.25) is 5.90 Å². The van der Waals surface area contributed by atoms with E-state index in [4.69, 9.17) is 9.47 Å². The molecule has 3 rings (SSSR count). The fourth-order valence-electron chi connectivity index (χ4n) is 2.36. The summed E-state index contributed by atoms with van der Waals surface area (Å²) in [6, 6.07) is 22.7. The first kappa shape index (κ1) is 20.2. The number of nitrogens with zero attached hydrogens (tertiary/aromatic N) is 1. The lowest BCUT2D eigenvalue weighted by Gasteiger charge is -2.12. The summed E-state index contributed by atoms with van der Waals surface area (Å²) in [4.78, 5) is 4.42. The van der Waals surface area contributed by atoms with Crippen LogP contribution in [0.2, 0.25) is 0 Å². The van der Waals surface area contributed by atoms with Crippen LogP contribution < -0.4 is 9.47 Å². The van der Waals surface area contributed by atoms with Crippen LogP contribution in [0, 0.1) is 0 Å². The van der Waals surface area contributed by atoms with Crippen LogP contribution >= 0.6 is 0 Å². The first-order valence-corrected chi connectivity index (χ1v) is 8.79. The predicted molar refractivity (Wildman–Crippen MR) is 106 cm³/mol. The molecule has 0 aliphatic rings. The van der Waals surface area contributed by atoms with E-state index in [9.17, 15) is 13.2 Å². The van der Waals surface area contributed by atoms with E-state index in [1.807, 2.05) is 24.3 Å². The van der Waals surface area contributed by atoms with E-state index >= 15 is 0 Å². The van der Waals surface area contributed by atoms with Gasteiger partial charge in [0.05, 0.1) is 17.5 Å². The smallest absolute Gasteiger partial charge is 0.416 e. The summed E-state index contributed by atoms with van der Waals surface area (Å²) in [6.07, 6.45) is -3.01. The highest BCUT2D eigenvalue weighted by Crippen LogP contribution is 2.31. The van der Waals surface area contributed by atoms with Gasteiger partial charge in [-0.3, -0.25) is 0 Å². The zero-order chi connectivity index (χ0) is 20.7. The minimum atomic E-state index is -4.46. The molecule has 0 saturated carbocycles. The number of alkyl halides is 3. The molecule has 0 fully saturated rings. The fourth-order valence-corrected chi connectivity index (χ4v) is 2.36. The van der Waals surface area contributed by atoms with Crippen molar-refractivity contribution in [3.63, 3.8) is 0 Å². The highest BCUT2D eigenvalue weighted by atomic mass is 19.4. The van der Waals surface area contributed by atoms with Crippen molar-refractivity contribution in [3.8, 4) is 11.5 Å². The summed E-state index contributed by atoms with van der Waals surface area (Å²) in [5.41, 5.74) is 0.313. The maximum atomic E-state index is 13.0. The monoisotopic (exact) mass is 397 g/mol. The van der Waals surface area contributed by atoms with Crippen molar-refractivity contribution in [1.29, 1.82) is 0 Å². The second kappa shape index (κ2) is 9.10. The molecule has 0 aliphatic carbocycles. The second-order valence-corrected chi connectivity index (χ2v) is 6.11. The largest absolute Gasteiger partial charge is 0.465 e. The van der Waals surface area contributed by atoms with E-state index < -0.39 is 11.7 Å². The van der Waals surface area contributed by atoms with Gasteiger partial charge in [0, 0.05) is 5.57 Å². The van der Waals surface area contributed by atoms with E-state index in [0.29, 0.717) is 17.0 Å². The van der Waals surface area contributed by atoms with Crippen LogP contribution in [0.5, 0.6) is 11.5 Å². The van der Waals surface area contributed by atoms with Gasteiger partial charge >= 0.3 is 6.18 Å². The molecular formula is C23H18F3NO2. The highest BCUT2D eigenvalue weighted by molar-refractivity contribution is 5.96. The van der Waals surface area contributed by atoms with Crippen molar-refractivity contribution in [2.45, 2.75) is 13.1 Å². The van der Waals surface area contributed by atoms with Gasteiger partial charge in [-0.15, -0.1) is 0 Å². The van der Waals surface area contributed by atoms with Gasteiger partial charge in [0.15, 0.2) is 0 Å². The van der Waals surface area contributed by atoms with E-state index in [0.717, 1.165) is 12.1 Å². The highest BCUT2D eigenvalue weighted by Gasteiger charge is 2.30. The zero-order valence-corrected chi connectivity index (χ0v) is 15.6.